The van der Waals surface area contributed by atoms with E-state index in [1.54, 1.807) is 17.8 Å². The van der Waals surface area contributed by atoms with Gasteiger partial charge < -0.3 is 14.7 Å². The summed E-state index contributed by atoms with van der Waals surface area (Å²) in [7, 11) is 0. The lowest BCUT2D eigenvalue weighted by atomic mass is 10.1. The molecule has 0 unspecified atom stereocenters. The van der Waals surface area contributed by atoms with Crippen molar-refractivity contribution in [1.82, 2.24) is 9.80 Å². The molecule has 2 aliphatic heterocycles. The fraction of sp³-hybridized carbons (Fsp3) is 0.583. The van der Waals surface area contributed by atoms with Crippen molar-refractivity contribution in [3.05, 3.63) is 47.7 Å². The molecule has 0 radical (unpaired) electrons. The van der Waals surface area contributed by atoms with Crippen molar-refractivity contribution in [2.24, 2.45) is 0 Å². The molecule has 1 aromatic rings. The summed E-state index contributed by atoms with van der Waals surface area (Å²) in [5.74, 6) is 0.698. The average Bonchev–Trinajstić information content (AvgIpc) is 2.88. The minimum Gasteiger partial charge on any atom is -0.341 e. The van der Waals surface area contributed by atoms with E-state index in [4.69, 9.17) is 0 Å². The Balaban J connectivity index is 1.81. The van der Waals surface area contributed by atoms with E-state index < -0.39 is 11.7 Å². The average molecular weight is 454 g/mol. The molecule has 0 bridgehead atoms. The molecule has 31 heavy (non-hydrogen) atoms. The largest absolute Gasteiger partial charge is 0.416 e. The predicted molar refractivity (Wildman–Crippen MR) is 125 cm³/mol. The number of piperazine rings is 1. The number of allylic oxidation sites excluding steroid dienone is 2. The molecule has 1 saturated heterocycles. The number of fused-ring (bicyclic) bond motifs is 1. The molecule has 0 aromatic heterocycles. The van der Waals surface area contributed by atoms with Crippen molar-refractivity contribution >= 4 is 17.4 Å². The zero-order valence-corrected chi connectivity index (χ0v) is 19.5. The molecule has 7 heteroatoms. The number of hydrogen-bond donors (Lipinski definition) is 0. The number of nitrogens with zero attached hydrogens (tertiary/aromatic N) is 3. The first-order valence-electron chi connectivity index (χ1n) is 11.3. The Kier molecular flexibility index (Phi) is 8.53. The van der Waals surface area contributed by atoms with Gasteiger partial charge in [-0.15, -0.1) is 11.8 Å². The van der Waals surface area contributed by atoms with Crippen LogP contribution in [0.3, 0.4) is 0 Å². The lowest BCUT2D eigenvalue weighted by Crippen LogP contribution is -2.46. The maximum atomic E-state index is 13.5. The molecule has 0 amide bonds. The molecule has 1 aromatic carbocycles. The number of thioether (sulfide) groups is 1. The van der Waals surface area contributed by atoms with E-state index in [-0.39, 0.29) is 0 Å². The molecular weight excluding hydrogens is 419 g/mol. The van der Waals surface area contributed by atoms with Crippen molar-refractivity contribution in [1.29, 1.82) is 0 Å². The minimum atomic E-state index is -4.35. The number of hydrogen-bond acceptors (Lipinski definition) is 4. The van der Waals surface area contributed by atoms with Gasteiger partial charge in [0.25, 0.3) is 0 Å². The Bertz CT molecular complexity index is 783. The fourth-order valence-corrected chi connectivity index (χ4v) is 5.10. The summed E-state index contributed by atoms with van der Waals surface area (Å²) >= 11 is 1.58. The highest BCUT2D eigenvalue weighted by molar-refractivity contribution is 7.99. The van der Waals surface area contributed by atoms with Crippen LogP contribution in [0.5, 0.6) is 0 Å². The Morgan fingerprint density at radius 3 is 2.42 bits per heavy atom. The van der Waals surface area contributed by atoms with E-state index in [1.165, 1.54) is 12.1 Å². The highest BCUT2D eigenvalue weighted by atomic mass is 32.2. The molecule has 0 saturated carbocycles. The van der Waals surface area contributed by atoms with E-state index in [2.05, 4.69) is 41.2 Å². The molecule has 0 aliphatic carbocycles. The van der Waals surface area contributed by atoms with Gasteiger partial charge in [-0.1, -0.05) is 32.9 Å². The standard InChI is InChI=1S/C24H34F3N3S/c1-4-6-8-21-19(3)18-31-23-10-9-20(24(25,26)27)17-22(23)30(21)12-7-11-29-15-13-28(5-2)14-16-29/h8-10,17H,3-7,11-16,18H2,1-2H3/b21-8+. The van der Waals surface area contributed by atoms with Crippen molar-refractivity contribution in [2.45, 2.75) is 44.2 Å². The van der Waals surface area contributed by atoms with Gasteiger partial charge in [0, 0.05) is 49.1 Å². The van der Waals surface area contributed by atoms with Crippen molar-refractivity contribution in [2.75, 3.05) is 56.5 Å². The second kappa shape index (κ2) is 10.9. The van der Waals surface area contributed by atoms with Gasteiger partial charge in [0.2, 0.25) is 0 Å². The minimum absolute atomic E-state index is 0.588. The highest BCUT2D eigenvalue weighted by Gasteiger charge is 2.33. The van der Waals surface area contributed by atoms with Crippen LogP contribution < -0.4 is 4.90 Å². The van der Waals surface area contributed by atoms with Crippen LogP contribution in [0.1, 0.15) is 38.7 Å². The van der Waals surface area contributed by atoms with Gasteiger partial charge in [-0.3, -0.25) is 0 Å². The first-order chi connectivity index (χ1) is 14.8. The van der Waals surface area contributed by atoms with Crippen LogP contribution in [0.15, 0.2) is 47.0 Å². The van der Waals surface area contributed by atoms with E-state index in [0.29, 0.717) is 18.0 Å². The van der Waals surface area contributed by atoms with Crippen LogP contribution in [0, 0.1) is 0 Å². The molecule has 3 nitrogen and oxygen atoms in total. The zero-order chi connectivity index (χ0) is 22.4. The number of benzene rings is 1. The summed E-state index contributed by atoms with van der Waals surface area (Å²) in [6, 6.07) is 4.14. The number of anilines is 1. The molecule has 1 fully saturated rings. The van der Waals surface area contributed by atoms with E-state index >= 15 is 0 Å². The van der Waals surface area contributed by atoms with Crippen LogP contribution in [0.25, 0.3) is 0 Å². The molecular formula is C24H34F3N3S. The Hall–Kier alpha value is -1.44. The maximum Gasteiger partial charge on any atom is 0.416 e. The maximum absolute atomic E-state index is 13.5. The summed E-state index contributed by atoms with van der Waals surface area (Å²) in [6.07, 6.45) is 0.597. The quantitative estimate of drug-likeness (QED) is 0.509. The van der Waals surface area contributed by atoms with Crippen molar-refractivity contribution in [3.63, 3.8) is 0 Å². The number of likely N-dealkylation sites (N-methyl/N-ethyl adjacent to an activating group) is 1. The predicted octanol–water partition coefficient (Wildman–Crippen LogP) is 5.89. The SMILES string of the molecule is C=C1CSc2ccc(C(F)(F)F)cc2N(CCCN2CCN(CC)CC2)/C1=C/CCC. The molecule has 172 valence electrons. The lowest BCUT2D eigenvalue weighted by Gasteiger charge is -2.35. The van der Waals surface area contributed by atoms with Crippen molar-refractivity contribution in [3.8, 4) is 0 Å². The Morgan fingerprint density at radius 2 is 1.77 bits per heavy atom. The second-order valence-electron chi connectivity index (χ2n) is 8.23. The Labute approximate surface area is 189 Å². The van der Waals surface area contributed by atoms with Crippen LogP contribution in [0.4, 0.5) is 18.9 Å². The van der Waals surface area contributed by atoms with Crippen LogP contribution in [0.2, 0.25) is 0 Å². The number of alkyl halides is 3. The van der Waals surface area contributed by atoms with Gasteiger partial charge in [-0.05, 0) is 49.7 Å². The van der Waals surface area contributed by atoms with Crippen LogP contribution >= 0.6 is 11.8 Å². The molecule has 2 heterocycles. The number of rotatable bonds is 7. The van der Waals surface area contributed by atoms with Crippen molar-refractivity contribution < 1.29 is 13.2 Å². The highest BCUT2D eigenvalue weighted by Crippen LogP contribution is 2.42. The normalized spacial score (nSPS) is 20.2. The zero-order valence-electron chi connectivity index (χ0n) is 18.7. The van der Waals surface area contributed by atoms with E-state index in [0.717, 1.165) is 74.7 Å². The molecule has 2 aliphatic rings. The van der Waals surface area contributed by atoms with Crippen LogP contribution in [-0.4, -0.2) is 61.4 Å². The van der Waals surface area contributed by atoms with Gasteiger partial charge in [0.1, 0.15) is 0 Å². The molecule has 0 N–H and O–H groups in total. The van der Waals surface area contributed by atoms with E-state index in [1.807, 2.05) is 0 Å². The second-order valence-corrected chi connectivity index (χ2v) is 9.25. The van der Waals surface area contributed by atoms with Gasteiger partial charge in [-0.2, -0.15) is 13.2 Å². The summed E-state index contributed by atoms with van der Waals surface area (Å²) in [6.45, 7) is 15.6. The summed E-state index contributed by atoms with van der Waals surface area (Å²) < 4.78 is 40.4. The third kappa shape index (κ3) is 6.30. The third-order valence-corrected chi connectivity index (χ3v) is 7.18. The van der Waals surface area contributed by atoms with Gasteiger partial charge in [0.15, 0.2) is 0 Å². The molecule has 0 atom stereocenters. The molecule has 0 spiro atoms. The third-order valence-electron chi connectivity index (χ3n) is 6.03. The summed E-state index contributed by atoms with van der Waals surface area (Å²) in [5, 5.41) is 0. The van der Waals surface area contributed by atoms with Crippen LogP contribution in [-0.2, 0) is 6.18 Å². The summed E-state index contributed by atoms with van der Waals surface area (Å²) in [4.78, 5) is 7.90. The Morgan fingerprint density at radius 1 is 1.06 bits per heavy atom. The first kappa shape index (κ1) is 24.2. The molecule has 3 rings (SSSR count). The van der Waals surface area contributed by atoms with Gasteiger partial charge >= 0.3 is 6.18 Å². The van der Waals surface area contributed by atoms with Gasteiger partial charge in [-0.25, -0.2) is 0 Å². The number of halogens is 3. The number of unbranched alkanes of at least 4 members (excludes halogenated alkanes) is 1. The monoisotopic (exact) mass is 453 g/mol. The first-order valence-corrected chi connectivity index (χ1v) is 12.3. The fourth-order valence-electron chi connectivity index (χ4n) is 4.14. The summed E-state index contributed by atoms with van der Waals surface area (Å²) in [5.41, 5.74) is 2.05. The topological polar surface area (TPSA) is 9.72 Å². The van der Waals surface area contributed by atoms with Gasteiger partial charge in [0.05, 0.1) is 11.3 Å². The smallest absolute Gasteiger partial charge is 0.341 e. The lowest BCUT2D eigenvalue weighted by molar-refractivity contribution is -0.137. The van der Waals surface area contributed by atoms with E-state index in [9.17, 15) is 13.2 Å².